The molecule has 3 aromatic rings. The Morgan fingerprint density at radius 1 is 1.09 bits per heavy atom. The Labute approximate surface area is 187 Å². The van der Waals surface area contributed by atoms with Crippen LogP contribution in [0.1, 0.15) is 50.4 Å². The van der Waals surface area contributed by atoms with E-state index >= 15 is 0 Å². The lowest BCUT2D eigenvalue weighted by atomic mass is 10.1. The summed E-state index contributed by atoms with van der Waals surface area (Å²) in [6.07, 6.45) is 2.32. The number of halogens is 1. The number of benzene rings is 2. The molecule has 32 heavy (non-hydrogen) atoms. The number of hydrogen-bond acceptors (Lipinski definition) is 4. The topological polar surface area (TPSA) is 102 Å². The molecule has 0 unspecified atom stereocenters. The molecule has 8 heteroatoms. The third-order valence-corrected chi connectivity index (χ3v) is 4.40. The highest BCUT2D eigenvalue weighted by Crippen LogP contribution is 2.25. The number of alkyl halides is 1. The van der Waals surface area contributed by atoms with Crippen LogP contribution in [0.2, 0.25) is 0 Å². The van der Waals surface area contributed by atoms with Crippen molar-refractivity contribution in [2.24, 2.45) is 0 Å². The maximum absolute atomic E-state index is 12.4. The molecule has 0 saturated heterocycles. The van der Waals surface area contributed by atoms with Gasteiger partial charge in [-0.1, -0.05) is 32.0 Å². The lowest BCUT2D eigenvalue weighted by Crippen LogP contribution is -2.38. The average molecular weight is 446 g/mol. The molecule has 1 heterocycles. The maximum atomic E-state index is 12.4. The fraction of sp³-hybridized carbons (Fsp3) is 0.375. The van der Waals surface area contributed by atoms with Crippen LogP contribution < -0.4 is 5.32 Å². The summed E-state index contributed by atoms with van der Waals surface area (Å²) in [5.74, 6) is -0.979. The highest BCUT2D eigenvalue weighted by molar-refractivity contribution is 6.10. The Morgan fingerprint density at radius 2 is 1.75 bits per heavy atom. The molecule has 0 aliphatic rings. The number of hydroxylamine groups is 2. The van der Waals surface area contributed by atoms with E-state index in [0.717, 1.165) is 28.1 Å². The minimum Gasteiger partial charge on any atom is -0.355 e. The van der Waals surface area contributed by atoms with E-state index in [2.05, 4.69) is 10.3 Å². The SMILES string of the molecule is CC.CCF.O=CCCCCN(O)C(=O)CNC(=O)c1ccc2[nH]c3ccccc3c2c1. The van der Waals surface area contributed by atoms with Gasteiger partial charge in [-0.05, 0) is 44.0 Å². The molecule has 0 fully saturated rings. The first kappa shape index (κ1) is 26.8. The number of fused-ring (bicyclic) bond motifs is 3. The smallest absolute Gasteiger partial charge is 0.265 e. The van der Waals surface area contributed by atoms with E-state index in [-0.39, 0.29) is 25.7 Å². The van der Waals surface area contributed by atoms with Gasteiger partial charge in [0.2, 0.25) is 0 Å². The molecule has 3 N–H and O–H groups in total. The minimum absolute atomic E-state index is 0.129. The Morgan fingerprint density at radius 3 is 2.44 bits per heavy atom. The molecule has 174 valence electrons. The summed E-state index contributed by atoms with van der Waals surface area (Å²) in [5.41, 5.74) is 2.36. The van der Waals surface area contributed by atoms with Crippen LogP contribution in [0.3, 0.4) is 0 Å². The van der Waals surface area contributed by atoms with E-state index in [4.69, 9.17) is 0 Å². The quantitative estimate of drug-likeness (QED) is 0.203. The standard InChI is InChI=1S/C20H21N3O4.C2H5F.C2H6/c24-11-5-1-4-10-23(27)19(25)13-21-20(26)14-8-9-18-16(12-14)15-6-2-3-7-17(15)22-18;1-2-3;1-2/h2-3,6-9,11-12,22,27H,1,4-5,10,13H2,(H,21,26);2H2,1H3;1-2H3. The van der Waals surface area contributed by atoms with Crippen LogP contribution in [0.15, 0.2) is 42.5 Å². The largest absolute Gasteiger partial charge is 0.355 e. The lowest BCUT2D eigenvalue weighted by Gasteiger charge is -2.15. The molecule has 0 radical (unpaired) electrons. The Kier molecular flexibility index (Phi) is 12.3. The molecule has 0 aliphatic carbocycles. The zero-order valence-corrected chi connectivity index (χ0v) is 18.9. The highest BCUT2D eigenvalue weighted by Gasteiger charge is 2.14. The summed E-state index contributed by atoms with van der Waals surface area (Å²) in [7, 11) is 0. The summed E-state index contributed by atoms with van der Waals surface area (Å²) in [6, 6.07) is 13.1. The van der Waals surface area contributed by atoms with Crippen LogP contribution in [0, 0.1) is 0 Å². The van der Waals surface area contributed by atoms with Gasteiger partial charge in [0.15, 0.2) is 0 Å². The van der Waals surface area contributed by atoms with Gasteiger partial charge in [-0.25, -0.2) is 5.06 Å². The van der Waals surface area contributed by atoms with Crippen molar-refractivity contribution < 1.29 is 24.0 Å². The average Bonchev–Trinajstić information content (AvgIpc) is 3.19. The molecule has 2 amide bonds. The minimum atomic E-state index is -0.595. The summed E-state index contributed by atoms with van der Waals surface area (Å²) < 4.78 is 10.3. The number of unbranched alkanes of at least 4 members (excludes halogenated alkanes) is 2. The number of amides is 2. The number of carbonyl (C=O) groups excluding carboxylic acids is 3. The third-order valence-electron chi connectivity index (χ3n) is 4.40. The van der Waals surface area contributed by atoms with Crippen molar-refractivity contribution in [1.29, 1.82) is 0 Å². The van der Waals surface area contributed by atoms with Crippen molar-refractivity contribution in [2.75, 3.05) is 19.8 Å². The van der Waals surface area contributed by atoms with Crippen molar-refractivity contribution >= 4 is 39.9 Å². The number of aromatic amines is 1. The molecule has 7 nitrogen and oxygen atoms in total. The summed E-state index contributed by atoms with van der Waals surface area (Å²) in [6.45, 7) is 5.04. The molecule has 0 atom stereocenters. The zero-order chi connectivity index (χ0) is 23.9. The zero-order valence-electron chi connectivity index (χ0n) is 18.9. The molecule has 0 saturated carbocycles. The fourth-order valence-electron chi connectivity index (χ4n) is 2.95. The predicted octanol–water partition coefficient (Wildman–Crippen LogP) is 4.64. The number of nitrogens with zero attached hydrogens (tertiary/aromatic N) is 1. The molecule has 0 spiro atoms. The van der Waals surface area contributed by atoms with E-state index < -0.39 is 5.91 Å². The summed E-state index contributed by atoms with van der Waals surface area (Å²) >= 11 is 0. The molecule has 0 aliphatic heterocycles. The van der Waals surface area contributed by atoms with Crippen molar-refractivity contribution in [3.8, 4) is 0 Å². The van der Waals surface area contributed by atoms with E-state index in [1.165, 1.54) is 6.92 Å². The van der Waals surface area contributed by atoms with Crippen molar-refractivity contribution in [1.82, 2.24) is 15.4 Å². The first-order valence-electron chi connectivity index (χ1n) is 10.8. The number of carbonyl (C=O) groups is 3. The molecular formula is C24H32FN3O4. The normalized spacial score (nSPS) is 9.91. The monoisotopic (exact) mass is 445 g/mol. The van der Waals surface area contributed by atoms with E-state index in [1.807, 2.05) is 44.2 Å². The van der Waals surface area contributed by atoms with Gasteiger partial charge in [-0.2, -0.15) is 0 Å². The van der Waals surface area contributed by atoms with Gasteiger partial charge in [-0.3, -0.25) is 19.2 Å². The number of hydrogen-bond donors (Lipinski definition) is 3. The molecule has 0 bridgehead atoms. The van der Waals surface area contributed by atoms with Gasteiger partial charge in [-0.15, -0.1) is 0 Å². The number of aldehydes is 1. The van der Waals surface area contributed by atoms with Gasteiger partial charge in [0.1, 0.15) is 6.29 Å². The van der Waals surface area contributed by atoms with Gasteiger partial charge >= 0.3 is 0 Å². The second-order valence-corrected chi connectivity index (χ2v) is 6.56. The van der Waals surface area contributed by atoms with E-state index in [1.54, 1.807) is 12.1 Å². The number of nitrogens with one attached hydrogen (secondary N) is 2. The number of aromatic nitrogens is 1. The Hall–Kier alpha value is -3.26. The number of para-hydroxylation sites is 1. The van der Waals surface area contributed by atoms with E-state index in [0.29, 0.717) is 29.9 Å². The van der Waals surface area contributed by atoms with Crippen LogP contribution >= 0.6 is 0 Å². The van der Waals surface area contributed by atoms with Crippen LogP contribution in [-0.2, 0) is 9.59 Å². The van der Waals surface area contributed by atoms with Crippen LogP contribution in [0.4, 0.5) is 4.39 Å². The second kappa shape index (κ2) is 14.7. The highest BCUT2D eigenvalue weighted by atomic mass is 19.1. The summed E-state index contributed by atoms with van der Waals surface area (Å²) in [4.78, 5) is 37.8. The first-order valence-corrected chi connectivity index (χ1v) is 10.8. The van der Waals surface area contributed by atoms with Gasteiger partial charge in [0.25, 0.3) is 11.8 Å². The van der Waals surface area contributed by atoms with Gasteiger partial charge < -0.3 is 15.1 Å². The first-order chi connectivity index (χ1) is 15.5. The third kappa shape index (κ3) is 7.77. The van der Waals surface area contributed by atoms with Gasteiger partial charge in [0, 0.05) is 40.3 Å². The second-order valence-electron chi connectivity index (χ2n) is 6.56. The fourth-order valence-corrected chi connectivity index (χ4v) is 2.95. The maximum Gasteiger partial charge on any atom is 0.265 e. The van der Waals surface area contributed by atoms with Crippen molar-refractivity contribution in [3.63, 3.8) is 0 Å². The molecule has 3 rings (SSSR count). The van der Waals surface area contributed by atoms with Crippen LogP contribution in [-0.4, -0.2) is 53.1 Å². The Bertz CT molecular complexity index is 1000. The predicted molar refractivity (Wildman–Crippen MR) is 125 cm³/mol. The van der Waals surface area contributed by atoms with Gasteiger partial charge in [0.05, 0.1) is 13.2 Å². The summed E-state index contributed by atoms with van der Waals surface area (Å²) in [5, 5.41) is 14.7. The Balaban J connectivity index is 0.000000944. The van der Waals surface area contributed by atoms with Crippen molar-refractivity contribution in [2.45, 2.75) is 40.0 Å². The number of H-pyrrole nitrogens is 1. The molecular weight excluding hydrogens is 413 g/mol. The lowest BCUT2D eigenvalue weighted by molar-refractivity contribution is -0.164. The van der Waals surface area contributed by atoms with Crippen molar-refractivity contribution in [3.05, 3.63) is 48.0 Å². The van der Waals surface area contributed by atoms with E-state index in [9.17, 15) is 24.0 Å². The van der Waals surface area contributed by atoms with Crippen LogP contribution in [0.5, 0.6) is 0 Å². The van der Waals surface area contributed by atoms with Crippen LogP contribution in [0.25, 0.3) is 21.8 Å². The number of rotatable bonds is 8. The molecule has 1 aromatic heterocycles. The molecule has 2 aromatic carbocycles.